The summed E-state index contributed by atoms with van der Waals surface area (Å²) in [7, 11) is -1.03. The molecule has 50 heavy (non-hydrogen) atoms. The number of ether oxygens (including phenoxy) is 1. The zero-order valence-electron chi connectivity index (χ0n) is 30.1. The van der Waals surface area contributed by atoms with E-state index >= 15 is 0 Å². The van der Waals surface area contributed by atoms with Crippen molar-refractivity contribution in [3.63, 3.8) is 0 Å². The summed E-state index contributed by atoms with van der Waals surface area (Å²) in [5.74, 6) is -1.02. The van der Waals surface area contributed by atoms with Gasteiger partial charge in [-0.3, -0.25) is 14.4 Å². The lowest BCUT2D eigenvalue weighted by Crippen LogP contribution is -2.44. The van der Waals surface area contributed by atoms with E-state index in [1.165, 1.54) is 25.3 Å². The number of hydrogen-bond acceptors (Lipinski definition) is 7. The number of aromatic nitrogens is 3. The molecule has 2 heterocycles. The molecule has 0 saturated carbocycles. The summed E-state index contributed by atoms with van der Waals surface area (Å²) in [5, 5.41) is 2.84. The fourth-order valence-corrected chi connectivity index (χ4v) is 6.83. The normalized spacial score (nSPS) is 12.7. The van der Waals surface area contributed by atoms with Crippen LogP contribution in [0.5, 0.6) is 0 Å². The number of ketones is 1. The predicted octanol–water partition coefficient (Wildman–Crippen LogP) is 8.19. The summed E-state index contributed by atoms with van der Waals surface area (Å²) < 4.78 is 27.6. The Bertz CT molecular complexity index is 1820. The number of hydrogen-bond donors (Lipinski definition) is 1. The minimum absolute atomic E-state index is 0.0393. The lowest BCUT2D eigenvalue weighted by Gasteiger charge is -2.39. The zero-order valence-corrected chi connectivity index (χ0v) is 31.1. The summed E-state index contributed by atoms with van der Waals surface area (Å²) in [6.45, 7) is 14.4. The molecule has 0 unspecified atom stereocenters. The molecule has 4 aromatic rings. The van der Waals surface area contributed by atoms with Gasteiger partial charge < -0.3 is 19.0 Å². The van der Waals surface area contributed by atoms with Gasteiger partial charge in [0.05, 0.1) is 31.9 Å². The summed E-state index contributed by atoms with van der Waals surface area (Å²) in [6.07, 6.45) is 5.62. The highest BCUT2D eigenvalue weighted by Crippen LogP contribution is 2.43. The Hall–Kier alpha value is -4.74. The number of methoxy groups -OCH3 is 1. The maximum Gasteiger partial charge on any atom is 0.308 e. The third-order valence-electron chi connectivity index (χ3n) is 8.94. The molecule has 264 valence electrons. The van der Waals surface area contributed by atoms with Crippen molar-refractivity contribution in [3.05, 3.63) is 102 Å². The van der Waals surface area contributed by atoms with Crippen LogP contribution in [0.1, 0.15) is 75.5 Å². The fraction of sp³-hybridized carbons (Fsp3) is 0.359. The van der Waals surface area contributed by atoms with Crippen LogP contribution in [-0.4, -0.2) is 53.7 Å². The first kappa shape index (κ1) is 38.1. The molecule has 1 amide bonds. The number of carbonyl (C=O) groups excluding carboxylic acids is 3. The van der Waals surface area contributed by atoms with Crippen LogP contribution in [0.25, 0.3) is 28.3 Å². The minimum Gasteiger partial charge on any atom is -0.469 e. The maximum atomic E-state index is 14.2. The van der Waals surface area contributed by atoms with Gasteiger partial charge in [-0.25, -0.2) is 14.4 Å². The largest absolute Gasteiger partial charge is 0.469 e. The molecule has 0 bridgehead atoms. The Morgan fingerprint density at radius 3 is 2.12 bits per heavy atom. The minimum atomic E-state index is -2.34. The summed E-state index contributed by atoms with van der Waals surface area (Å²) in [4.78, 5) is 48.8. The van der Waals surface area contributed by atoms with E-state index in [1.807, 2.05) is 48.7 Å². The number of nitrogens with zero attached hydrogens (tertiary/aromatic N) is 3. The average molecular weight is 699 g/mol. The second-order valence-corrected chi connectivity index (χ2v) is 18.7. The molecule has 0 radical (unpaired) electrons. The number of amides is 1. The number of esters is 1. The Kier molecular flexibility index (Phi) is 12.4. The predicted molar refractivity (Wildman–Crippen MR) is 196 cm³/mol. The van der Waals surface area contributed by atoms with E-state index in [0.717, 1.165) is 5.56 Å². The molecule has 1 atom stereocenters. The van der Waals surface area contributed by atoms with E-state index in [1.54, 1.807) is 36.7 Å². The molecule has 2 aromatic carbocycles. The average Bonchev–Trinajstić information content (AvgIpc) is 3.42. The van der Waals surface area contributed by atoms with Crippen LogP contribution in [0.15, 0.2) is 79.1 Å². The molecule has 0 aliphatic heterocycles. The Morgan fingerprint density at radius 1 is 0.920 bits per heavy atom. The van der Waals surface area contributed by atoms with Crippen molar-refractivity contribution in [1.82, 2.24) is 19.9 Å². The SMILES string of the molecule is COC(=O)C[C@H](CC(=O)/C=C/c1c(-c2ccc(F)cc2)c(-c2ccccc2)c(C(=O)NCc2ncccn2)n1C(C)C)O[Si](C)(C)C(C)(C)C. The second kappa shape index (κ2) is 16.3. The van der Waals surface area contributed by atoms with Crippen molar-refractivity contribution in [2.24, 2.45) is 0 Å². The van der Waals surface area contributed by atoms with Crippen LogP contribution in [-0.2, 0) is 25.3 Å². The van der Waals surface area contributed by atoms with Gasteiger partial charge in [0.25, 0.3) is 5.91 Å². The van der Waals surface area contributed by atoms with Crippen LogP contribution >= 0.6 is 0 Å². The lowest BCUT2D eigenvalue weighted by atomic mass is 9.94. The molecular formula is C39H47FN4O5Si. The van der Waals surface area contributed by atoms with E-state index < -0.39 is 26.2 Å². The number of halogens is 1. The van der Waals surface area contributed by atoms with Gasteiger partial charge in [-0.15, -0.1) is 0 Å². The third-order valence-corrected chi connectivity index (χ3v) is 13.5. The molecule has 1 N–H and O–H groups in total. The highest BCUT2D eigenvalue weighted by molar-refractivity contribution is 6.74. The smallest absolute Gasteiger partial charge is 0.308 e. The van der Waals surface area contributed by atoms with E-state index in [-0.39, 0.29) is 42.2 Å². The van der Waals surface area contributed by atoms with Gasteiger partial charge in [-0.05, 0) is 73.5 Å². The van der Waals surface area contributed by atoms with Gasteiger partial charge in [0.15, 0.2) is 14.1 Å². The van der Waals surface area contributed by atoms with Gasteiger partial charge in [0.1, 0.15) is 17.3 Å². The fourth-order valence-electron chi connectivity index (χ4n) is 5.47. The first-order chi connectivity index (χ1) is 23.6. The van der Waals surface area contributed by atoms with Crippen LogP contribution in [0.4, 0.5) is 4.39 Å². The Balaban J connectivity index is 1.87. The lowest BCUT2D eigenvalue weighted by molar-refractivity contribution is -0.142. The van der Waals surface area contributed by atoms with Gasteiger partial charge in [-0.1, -0.05) is 63.2 Å². The highest BCUT2D eigenvalue weighted by atomic mass is 28.4. The highest BCUT2D eigenvalue weighted by Gasteiger charge is 2.40. The third kappa shape index (κ3) is 9.28. The molecule has 9 nitrogen and oxygen atoms in total. The molecule has 0 aliphatic rings. The van der Waals surface area contributed by atoms with Crippen LogP contribution < -0.4 is 5.32 Å². The van der Waals surface area contributed by atoms with Gasteiger partial charge in [0, 0.05) is 36.0 Å². The van der Waals surface area contributed by atoms with Crippen LogP contribution in [0.2, 0.25) is 18.1 Å². The summed E-state index contributed by atoms with van der Waals surface area (Å²) in [5.41, 5.74) is 3.71. The quantitative estimate of drug-likeness (QED) is 0.0803. The van der Waals surface area contributed by atoms with E-state index in [0.29, 0.717) is 33.9 Å². The first-order valence-electron chi connectivity index (χ1n) is 16.7. The van der Waals surface area contributed by atoms with Gasteiger partial charge in [0.2, 0.25) is 0 Å². The number of benzene rings is 2. The molecule has 0 spiro atoms. The van der Waals surface area contributed by atoms with Crippen molar-refractivity contribution in [1.29, 1.82) is 0 Å². The first-order valence-corrected chi connectivity index (χ1v) is 19.6. The Labute approximate surface area is 295 Å². The number of rotatable bonds is 14. The second-order valence-electron chi connectivity index (χ2n) is 14.0. The van der Waals surface area contributed by atoms with Crippen molar-refractivity contribution < 1.29 is 27.9 Å². The molecule has 11 heteroatoms. The summed E-state index contributed by atoms with van der Waals surface area (Å²) >= 11 is 0. The number of carbonyl (C=O) groups is 3. The molecule has 0 fully saturated rings. The van der Waals surface area contributed by atoms with Gasteiger partial charge in [-0.2, -0.15) is 0 Å². The van der Waals surface area contributed by atoms with E-state index in [2.05, 4.69) is 49.1 Å². The monoisotopic (exact) mass is 698 g/mol. The van der Waals surface area contributed by atoms with Crippen LogP contribution in [0.3, 0.4) is 0 Å². The number of allylic oxidation sites excluding steroid dienone is 1. The standard InChI is InChI=1S/C39H47FN4O5Si/c1-26(2)44-32(20-19-30(45)23-31(24-34(46)48-6)49-50(7,8)39(3,4)5)35(28-15-17-29(40)18-16-28)36(27-13-10-9-11-14-27)37(44)38(47)43-25-33-41-21-12-22-42-33/h9-22,26,31H,23-25H2,1-8H3,(H,43,47)/b20-19+/t31-/m0/s1. The zero-order chi connectivity index (χ0) is 36.6. The molecular weight excluding hydrogens is 652 g/mol. The van der Waals surface area contributed by atoms with Gasteiger partial charge >= 0.3 is 5.97 Å². The Morgan fingerprint density at radius 2 is 1.54 bits per heavy atom. The molecule has 0 aliphatic carbocycles. The van der Waals surface area contributed by atoms with E-state index in [4.69, 9.17) is 9.16 Å². The van der Waals surface area contributed by atoms with Crippen molar-refractivity contribution >= 4 is 32.1 Å². The van der Waals surface area contributed by atoms with Crippen molar-refractivity contribution in [2.45, 2.75) is 84.3 Å². The van der Waals surface area contributed by atoms with E-state index in [9.17, 15) is 18.8 Å². The molecule has 4 rings (SSSR count). The summed E-state index contributed by atoms with van der Waals surface area (Å²) in [6, 6.07) is 17.0. The maximum absolute atomic E-state index is 14.2. The molecule has 0 saturated heterocycles. The van der Waals surface area contributed by atoms with Crippen molar-refractivity contribution in [3.8, 4) is 22.3 Å². The molecule has 2 aromatic heterocycles. The topological polar surface area (TPSA) is 112 Å². The number of nitrogens with one attached hydrogen (secondary N) is 1. The van der Waals surface area contributed by atoms with Crippen molar-refractivity contribution in [2.75, 3.05) is 7.11 Å². The van der Waals surface area contributed by atoms with Crippen LogP contribution in [0, 0.1) is 5.82 Å².